The number of anilines is 1. The van der Waals surface area contributed by atoms with E-state index in [1.54, 1.807) is 11.3 Å². The van der Waals surface area contributed by atoms with Gasteiger partial charge in [-0.15, -0.1) is 11.3 Å². The van der Waals surface area contributed by atoms with E-state index in [0.29, 0.717) is 12.1 Å². The zero-order valence-electron chi connectivity index (χ0n) is 14.1. The van der Waals surface area contributed by atoms with E-state index in [0.717, 1.165) is 20.9 Å². The predicted octanol–water partition coefficient (Wildman–Crippen LogP) is 4.30. The zero-order chi connectivity index (χ0) is 17.3. The second-order valence-corrected chi connectivity index (χ2v) is 7.89. The van der Waals surface area contributed by atoms with Crippen LogP contribution in [0.15, 0.2) is 42.5 Å². The number of fused-ring (bicyclic) bond motifs is 1. The second kappa shape index (κ2) is 6.34. The Morgan fingerprint density at radius 3 is 2.50 bits per heavy atom. The molecule has 3 rings (SSSR count). The number of hydrogen-bond acceptors (Lipinski definition) is 4. The number of rotatable bonds is 3. The largest absolute Gasteiger partial charge is 0.325 e. The molecule has 0 bridgehead atoms. The van der Waals surface area contributed by atoms with Crippen molar-refractivity contribution in [2.24, 2.45) is 5.73 Å². The predicted molar refractivity (Wildman–Crippen MR) is 101 cm³/mol. The average Bonchev–Trinajstić information content (AvgIpc) is 2.96. The van der Waals surface area contributed by atoms with Crippen molar-refractivity contribution in [2.75, 3.05) is 5.32 Å². The van der Waals surface area contributed by atoms with Gasteiger partial charge in [-0.25, -0.2) is 4.98 Å². The summed E-state index contributed by atoms with van der Waals surface area (Å²) in [5.41, 5.74) is 9.15. The molecule has 0 saturated carbocycles. The van der Waals surface area contributed by atoms with Gasteiger partial charge in [0.25, 0.3) is 5.91 Å². The van der Waals surface area contributed by atoms with Crippen molar-refractivity contribution in [1.29, 1.82) is 0 Å². The molecule has 0 aliphatic heterocycles. The van der Waals surface area contributed by atoms with Gasteiger partial charge in [0.15, 0.2) is 0 Å². The SMILES string of the molecule is CC(C)(C)c1ccc(C(=O)Nc2ccc3sc(CN)nc3c2)cc1. The van der Waals surface area contributed by atoms with E-state index in [2.05, 4.69) is 31.1 Å². The number of hydrogen-bond donors (Lipinski definition) is 2. The van der Waals surface area contributed by atoms with Crippen LogP contribution >= 0.6 is 11.3 Å². The van der Waals surface area contributed by atoms with Gasteiger partial charge in [0.05, 0.1) is 10.2 Å². The first-order chi connectivity index (χ1) is 11.4. The smallest absolute Gasteiger partial charge is 0.255 e. The van der Waals surface area contributed by atoms with Crippen LogP contribution in [-0.2, 0) is 12.0 Å². The topological polar surface area (TPSA) is 68.0 Å². The van der Waals surface area contributed by atoms with Crippen LogP contribution in [0.3, 0.4) is 0 Å². The lowest BCUT2D eigenvalue weighted by atomic mass is 9.87. The van der Waals surface area contributed by atoms with Crippen LogP contribution in [0.5, 0.6) is 0 Å². The van der Waals surface area contributed by atoms with Crippen LogP contribution in [0.25, 0.3) is 10.2 Å². The molecule has 0 fully saturated rings. The quantitative estimate of drug-likeness (QED) is 0.747. The van der Waals surface area contributed by atoms with Gasteiger partial charge < -0.3 is 11.1 Å². The Balaban J connectivity index is 1.79. The third-order valence-corrected chi connectivity index (χ3v) is 4.94. The minimum Gasteiger partial charge on any atom is -0.325 e. The first-order valence-electron chi connectivity index (χ1n) is 7.88. The van der Waals surface area contributed by atoms with E-state index in [1.165, 1.54) is 5.56 Å². The highest BCUT2D eigenvalue weighted by Crippen LogP contribution is 2.25. The lowest BCUT2D eigenvalue weighted by molar-refractivity contribution is 0.102. The van der Waals surface area contributed by atoms with Crippen molar-refractivity contribution in [1.82, 2.24) is 4.98 Å². The lowest BCUT2D eigenvalue weighted by Crippen LogP contribution is -2.14. The molecule has 0 aliphatic rings. The summed E-state index contributed by atoms with van der Waals surface area (Å²) in [7, 11) is 0. The van der Waals surface area contributed by atoms with Gasteiger partial charge in [-0.2, -0.15) is 0 Å². The first-order valence-corrected chi connectivity index (χ1v) is 8.70. The number of amides is 1. The molecule has 3 N–H and O–H groups in total. The van der Waals surface area contributed by atoms with E-state index in [9.17, 15) is 4.79 Å². The Bertz CT molecular complexity index is 876. The molecule has 0 saturated heterocycles. The number of nitrogens with two attached hydrogens (primary N) is 1. The fourth-order valence-corrected chi connectivity index (χ4v) is 3.29. The summed E-state index contributed by atoms with van der Waals surface area (Å²) >= 11 is 1.58. The number of thiazole rings is 1. The van der Waals surface area contributed by atoms with Crippen molar-refractivity contribution >= 4 is 33.1 Å². The highest BCUT2D eigenvalue weighted by atomic mass is 32.1. The third kappa shape index (κ3) is 3.47. The first kappa shape index (κ1) is 16.6. The Morgan fingerprint density at radius 1 is 1.17 bits per heavy atom. The Morgan fingerprint density at radius 2 is 1.88 bits per heavy atom. The molecule has 0 spiro atoms. The molecule has 2 aromatic carbocycles. The molecule has 3 aromatic rings. The lowest BCUT2D eigenvalue weighted by Gasteiger charge is -2.19. The summed E-state index contributed by atoms with van der Waals surface area (Å²) in [6, 6.07) is 13.5. The van der Waals surface area contributed by atoms with E-state index in [4.69, 9.17) is 5.73 Å². The second-order valence-electron chi connectivity index (χ2n) is 6.78. The summed E-state index contributed by atoms with van der Waals surface area (Å²) in [5, 5.41) is 3.82. The monoisotopic (exact) mass is 339 g/mol. The molecule has 1 heterocycles. The summed E-state index contributed by atoms with van der Waals surface area (Å²) in [6.07, 6.45) is 0. The van der Waals surface area contributed by atoms with Crippen molar-refractivity contribution in [3.63, 3.8) is 0 Å². The Hall–Kier alpha value is -2.24. The van der Waals surface area contributed by atoms with E-state index in [1.807, 2.05) is 42.5 Å². The van der Waals surface area contributed by atoms with Crippen molar-refractivity contribution in [3.8, 4) is 0 Å². The molecule has 0 aliphatic carbocycles. The Kier molecular flexibility index (Phi) is 4.39. The minimum absolute atomic E-state index is 0.0748. The number of nitrogens with zero attached hydrogens (tertiary/aromatic N) is 1. The molecular formula is C19H21N3OS. The van der Waals surface area contributed by atoms with Crippen LogP contribution in [0.2, 0.25) is 0 Å². The highest BCUT2D eigenvalue weighted by molar-refractivity contribution is 7.18. The molecule has 1 amide bonds. The van der Waals surface area contributed by atoms with Crippen LogP contribution in [0, 0.1) is 0 Å². The maximum absolute atomic E-state index is 12.4. The number of benzene rings is 2. The minimum atomic E-state index is -0.121. The fourth-order valence-electron chi connectivity index (χ4n) is 2.47. The van der Waals surface area contributed by atoms with Crippen LogP contribution < -0.4 is 11.1 Å². The van der Waals surface area contributed by atoms with Gasteiger partial charge in [0.1, 0.15) is 5.01 Å². The van der Waals surface area contributed by atoms with Gasteiger partial charge in [0.2, 0.25) is 0 Å². The highest BCUT2D eigenvalue weighted by Gasteiger charge is 2.14. The standard InChI is InChI=1S/C19H21N3OS/c1-19(2,3)13-6-4-12(5-7-13)18(23)21-14-8-9-16-15(10-14)22-17(11-20)24-16/h4-10H,11,20H2,1-3H3,(H,21,23). The molecule has 0 radical (unpaired) electrons. The zero-order valence-corrected chi connectivity index (χ0v) is 14.9. The molecule has 1 aromatic heterocycles. The maximum atomic E-state index is 12.4. The molecule has 0 atom stereocenters. The Labute approximate surface area is 145 Å². The summed E-state index contributed by atoms with van der Waals surface area (Å²) in [5.74, 6) is -0.121. The van der Waals surface area contributed by atoms with Gasteiger partial charge in [-0.05, 0) is 41.3 Å². The van der Waals surface area contributed by atoms with Gasteiger partial charge in [-0.3, -0.25) is 4.79 Å². The third-order valence-electron chi connectivity index (χ3n) is 3.88. The van der Waals surface area contributed by atoms with Crippen molar-refractivity contribution in [3.05, 3.63) is 58.6 Å². The van der Waals surface area contributed by atoms with Gasteiger partial charge in [0, 0.05) is 17.8 Å². The van der Waals surface area contributed by atoms with E-state index < -0.39 is 0 Å². The molecular weight excluding hydrogens is 318 g/mol. The average molecular weight is 339 g/mol. The fraction of sp³-hybridized carbons (Fsp3) is 0.263. The molecule has 4 nitrogen and oxygen atoms in total. The molecule has 124 valence electrons. The van der Waals surface area contributed by atoms with Crippen LogP contribution in [0.4, 0.5) is 5.69 Å². The molecule has 5 heteroatoms. The van der Waals surface area contributed by atoms with E-state index in [-0.39, 0.29) is 11.3 Å². The van der Waals surface area contributed by atoms with Crippen LogP contribution in [0.1, 0.15) is 41.7 Å². The summed E-state index contributed by atoms with van der Waals surface area (Å²) < 4.78 is 1.07. The van der Waals surface area contributed by atoms with E-state index >= 15 is 0 Å². The number of carbonyl (C=O) groups is 1. The van der Waals surface area contributed by atoms with Crippen molar-refractivity contribution < 1.29 is 4.79 Å². The van der Waals surface area contributed by atoms with Crippen LogP contribution in [-0.4, -0.2) is 10.9 Å². The number of carbonyl (C=O) groups excluding carboxylic acids is 1. The molecule has 24 heavy (non-hydrogen) atoms. The normalized spacial score (nSPS) is 11.7. The van der Waals surface area contributed by atoms with Crippen molar-refractivity contribution in [2.45, 2.75) is 32.7 Å². The number of aromatic nitrogens is 1. The molecule has 0 unspecified atom stereocenters. The summed E-state index contributed by atoms with van der Waals surface area (Å²) in [4.78, 5) is 16.9. The van der Waals surface area contributed by atoms with Gasteiger partial charge >= 0.3 is 0 Å². The summed E-state index contributed by atoms with van der Waals surface area (Å²) in [6.45, 7) is 6.89. The van der Waals surface area contributed by atoms with Gasteiger partial charge in [-0.1, -0.05) is 32.9 Å². The maximum Gasteiger partial charge on any atom is 0.255 e. The number of nitrogens with one attached hydrogen (secondary N) is 1.